The van der Waals surface area contributed by atoms with Gasteiger partial charge in [-0.25, -0.2) is 4.98 Å². The Hall–Kier alpha value is -1.17. The number of rotatable bonds is 3. The number of hydrogen-bond acceptors (Lipinski definition) is 5. The molecule has 1 aromatic heterocycles. The zero-order chi connectivity index (χ0) is 12.4. The van der Waals surface area contributed by atoms with Crippen molar-refractivity contribution in [3.05, 3.63) is 23.8 Å². The highest BCUT2D eigenvalue weighted by Crippen LogP contribution is 2.26. The normalized spacial score (nSPS) is 20.2. The smallest absolute Gasteiger partial charge is 0.183 e. The SMILES string of the molecule is Cc1ccc2nc(NCC3COCCO3)sc2c1. The first kappa shape index (κ1) is 11.9. The maximum Gasteiger partial charge on any atom is 0.183 e. The molecule has 1 fully saturated rings. The Labute approximate surface area is 110 Å². The van der Waals surface area contributed by atoms with Gasteiger partial charge in [0, 0.05) is 6.54 Å². The highest BCUT2D eigenvalue weighted by atomic mass is 32.1. The van der Waals surface area contributed by atoms with Crippen LogP contribution in [0.15, 0.2) is 18.2 Å². The summed E-state index contributed by atoms with van der Waals surface area (Å²) in [7, 11) is 0. The van der Waals surface area contributed by atoms with Crippen LogP contribution in [0.2, 0.25) is 0 Å². The maximum atomic E-state index is 5.58. The Morgan fingerprint density at radius 2 is 2.39 bits per heavy atom. The fourth-order valence-corrected chi connectivity index (χ4v) is 2.93. The summed E-state index contributed by atoms with van der Waals surface area (Å²) in [6.07, 6.45) is 0.132. The van der Waals surface area contributed by atoms with Gasteiger partial charge in [-0.05, 0) is 24.6 Å². The van der Waals surface area contributed by atoms with Gasteiger partial charge < -0.3 is 14.8 Å². The maximum absolute atomic E-state index is 5.58. The first-order valence-corrected chi connectivity index (χ1v) is 6.93. The predicted octanol–water partition coefficient (Wildman–Crippen LogP) is 2.43. The second kappa shape index (κ2) is 5.22. The molecular weight excluding hydrogens is 248 g/mol. The van der Waals surface area contributed by atoms with E-state index in [4.69, 9.17) is 9.47 Å². The Balaban J connectivity index is 1.67. The van der Waals surface area contributed by atoms with Crippen LogP contribution in [0.4, 0.5) is 5.13 Å². The van der Waals surface area contributed by atoms with Crippen LogP contribution in [-0.4, -0.2) is 37.5 Å². The molecule has 2 heterocycles. The van der Waals surface area contributed by atoms with Gasteiger partial charge in [-0.15, -0.1) is 0 Å². The van der Waals surface area contributed by atoms with E-state index in [0.29, 0.717) is 19.8 Å². The molecule has 5 heteroatoms. The number of fused-ring (bicyclic) bond motifs is 1. The molecule has 0 radical (unpaired) electrons. The van der Waals surface area contributed by atoms with Crippen molar-refractivity contribution in [3.63, 3.8) is 0 Å². The standard InChI is InChI=1S/C13H16N2O2S/c1-9-2-3-11-12(6-9)18-13(15-11)14-7-10-8-16-4-5-17-10/h2-3,6,10H,4-5,7-8H2,1H3,(H,14,15). The number of thiazole rings is 1. The number of aromatic nitrogens is 1. The quantitative estimate of drug-likeness (QED) is 0.924. The highest BCUT2D eigenvalue weighted by molar-refractivity contribution is 7.22. The molecule has 18 heavy (non-hydrogen) atoms. The largest absolute Gasteiger partial charge is 0.376 e. The van der Waals surface area contributed by atoms with E-state index in [-0.39, 0.29) is 6.10 Å². The lowest BCUT2D eigenvalue weighted by atomic mass is 10.2. The van der Waals surface area contributed by atoms with Crippen molar-refractivity contribution in [1.82, 2.24) is 4.98 Å². The van der Waals surface area contributed by atoms with E-state index in [9.17, 15) is 0 Å². The first-order valence-electron chi connectivity index (χ1n) is 6.12. The number of benzene rings is 1. The molecule has 2 aromatic rings. The molecule has 0 aliphatic carbocycles. The first-order chi connectivity index (χ1) is 8.81. The van der Waals surface area contributed by atoms with E-state index in [1.54, 1.807) is 11.3 Å². The molecule has 1 aromatic carbocycles. The van der Waals surface area contributed by atoms with Gasteiger partial charge in [0.05, 0.1) is 36.1 Å². The lowest BCUT2D eigenvalue weighted by molar-refractivity contribution is -0.0818. The molecule has 3 rings (SSSR count). The summed E-state index contributed by atoms with van der Waals surface area (Å²) in [6.45, 7) is 4.90. The van der Waals surface area contributed by atoms with E-state index in [2.05, 4.69) is 35.4 Å². The summed E-state index contributed by atoms with van der Waals surface area (Å²) in [5, 5.41) is 4.27. The zero-order valence-electron chi connectivity index (χ0n) is 10.3. The summed E-state index contributed by atoms with van der Waals surface area (Å²) in [5.74, 6) is 0. The van der Waals surface area contributed by atoms with Crippen LogP contribution in [0.3, 0.4) is 0 Å². The molecule has 0 spiro atoms. The number of hydrogen-bond donors (Lipinski definition) is 1. The third-order valence-electron chi connectivity index (χ3n) is 2.91. The second-order valence-electron chi connectivity index (χ2n) is 4.44. The average molecular weight is 264 g/mol. The van der Waals surface area contributed by atoms with E-state index in [1.807, 2.05) is 0 Å². The predicted molar refractivity (Wildman–Crippen MR) is 73.4 cm³/mol. The van der Waals surface area contributed by atoms with Crippen molar-refractivity contribution in [1.29, 1.82) is 0 Å². The van der Waals surface area contributed by atoms with Gasteiger partial charge in [0.15, 0.2) is 5.13 Å². The monoisotopic (exact) mass is 264 g/mol. The zero-order valence-corrected chi connectivity index (χ0v) is 11.1. The minimum Gasteiger partial charge on any atom is -0.376 e. The molecule has 0 amide bonds. The third kappa shape index (κ3) is 2.63. The molecule has 1 unspecified atom stereocenters. The van der Waals surface area contributed by atoms with Crippen LogP contribution < -0.4 is 5.32 Å². The number of nitrogens with zero attached hydrogens (tertiary/aromatic N) is 1. The molecule has 1 saturated heterocycles. The topological polar surface area (TPSA) is 43.4 Å². The summed E-state index contributed by atoms with van der Waals surface area (Å²) >= 11 is 1.68. The lowest BCUT2D eigenvalue weighted by Crippen LogP contribution is -2.34. The molecule has 0 bridgehead atoms. The van der Waals surface area contributed by atoms with Crippen LogP contribution in [0.5, 0.6) is 0 Å². The number of aryl methyl sites for hydroxylation is 1. The fourth-order valence-electron chi connectivity index (χ4n) is 1.96. The van der Waals surface area contributed by atoms with Crippen molar-refractivity contribution < 1.29 is 9.47 Å². The fraction of sp³-hybridized carbons (Fsp3) is 0.462. The second-order valence-corrected chi connectivity index (χ2v) is 5.47. The molecule has 1 aliphatic heterocycles. The minimum absolute atomic E-state index is 0.132. The van der Waals surface area contributed by atoms with Crippen molar-refractivity contribution >= 4 is 26.7 Å². The Morgan fingerprint density at radius 3 is 3.22 bits per heavy atom. The average Bonchev–Trinajstić information content (AvgIpc) is 2.79. The molecule has 96 valence electrons. The lowest BCUT2D eigenvalue weighted by Gasteiger charge is -2.22. The highest BCUT2D eigenvalue weighted by Gasteiger charge is 2.14. The summed E-state index contributed by atoms with van der Waals surface area (Å²) in [5.41, 5.74) is 2.32. The van der Waals surface area contributed by atoms with Crippen molar-refractivity contribution in [2.24, 2.45) is 0 Å². The summed E-state index contributed by atoms with van der Waals surface area (Å²) in [6, 6.07) is 6.31. The summed E-state index contributed by atoms with van der Waals surface area (Å²) < 4.78 is 12.2. The van der Waals surface area contributed by atoms with Gasteiger partial charge in [0.2, 0.25) is 0 Å². The Kier molecular flexibility index (Phi) is 3.45. The van der Waals surface area contributed by atoms with Gasteiger partial charge in [-0.2, -0.15) is 0 Å². The van der Waals surface area contributed by atoms with Crippen LogP contribution in [0.25, 0.3) is 10.2 Å². The van der Waals surface area contributed by atoms with Gasteiger partial charge in [-0.1, -0.05) is 17.4 Å². The van der Waals surface area contributed by atoms with E-state index in [1.165, 1.54) is 10.3 Å². The van der Waals surface area contributed by atoms with Gasteiger partial charge in [0.25, 0.3) is 0 Å². The van der Waals surface area contributed by atoms with Crippen LogP contribution in [0, 0.1) is 6.92 Å². The number of nitrogens with one attached hydrogen (secondary N) is 1. The Bertz CT molecular complexity index is 535. The van der Waals surface area contributed by atoms with Gasteiger partial charge >= 0.3 is 0 Å². The van der Waals surface area contributed by atoms with Crippen molar-refractivity contribution in [3.8, 4) is 0 Å². The Morgan fingerprint density at radius 1 is 1.44 bits per heavy atom. The molecule has 1 N–H and O–H groups in total. The van der Waals surface area contributed by atoms with E-state index >= 15 is 0 Å². The molecule has 1 atom stereocenters. The molecular formula is C13H16N2O2S. The molecule has 0 saturated carbocycles. The van der Waals surface area contributed by atoms with Gasteiger partial charge in [-0.3, -0.25) is 0 Å². The van der Waals surface area contributed by atoms with E-state index < -0.39 is 0 Å². The minimum atomic E-state index is 0.132. The van der Waals surface area contributed by atoms with E-state index in [0.717, 1.165) is 17.2 Å². The van der Waals surface area contributed by atoms with Crippen molar-refractivity contribution in [2.45, 2.75) is 13.0 Å². The molecule has 4 nitrogen and oxygen atoms in total. The van der Waals surface area contributed by atoms with Crippen LogP contribution in [-0.2, 0) is 9.47 Å². The third-order valence-corrected chi connectivity index (χ3v) is 3.89. The van der Waals surface area contributed by atoms with Crippen LogP contribution >= 0.6 is 11.3 Å². The van der Waals surface area contributed by atoms with Crippen molar-refractivity contribution in [2.75, 3.05) is 31.7 Å². The number of ether oxygens (including phenoxy) is 2. The van der Waals surface area contributed by atoms with Gasteiger partial charge in [0.1, 0.15) is 0 Å². The summed E-state index contributed by atoms with van der Waals surface area (Å²) in [4.78, 5) is 4.55. The van der Waals surface area contributed by atoms with Crippen LogP contribution in [0.1, 0.15) is 5.56 Å². The number of anilines is 1. The molecule has 1 aliphatic rings.